The van der Waals surface area contributed by atoms with E-state index in [1.54, 1.807) is 0 Å². The number of nitrogens with zero attached hydrogens (tertiary/aromatic N) is 2. The number of hydrogen-bond acceptors (Lipinski definition) is 4. The zero-order valence-corrected chi connectivity index (χ0v) is 12.8. The molecule has 2 N–H and O–H groups in total. The molecule has 0 fully saturated rings. The molecule has 0 saturated heterocycles. The van der Waals surface area contributed by atoms with Crippen LogP contribution >= 0.6 is 0 Å². The zero-order chi connectivity index (χ0) is 14.9. The molecule has 1 heterocycles. The fourth-order valence-electron chi connectivity index (χ4n) is 2.10. The molecule has 108 valence electrons. The highest BCUT2D eigenvalue weighted by atomic mass is 16.5. The van der Waals surface area contributed by atoms with Crippen molar-refractivity contribution in [1.29, 1.82) is 0 Å². The smallest absolute Gasteiger partial charge is 0.258 e. The lowest BCUT2D eigenvalue weighted by Crippen LogP contribution is -2.18. The van der Waals surface area contributed by atoms with E-state index < -0.39 is 0 Å². The predicted molar refractivity (Wildman–Crippen MR) is 80.2 cm³/mol. The molecule has 0 bridgehead atoms. The van der Waals surface area contributed by atoms with Crippen LogP contribution in [0.25, 0.3) is 11.5 Å². The van der Waals surface area contributed by atoms with Crippen LogP contribution in [0.5, 0.6) is 0 Å². The van der Waals surface area contributed by atoms with Gasteiger partial charge in [-0.1, -0.05) is 58.0 Å². The summed E-state index contributed by atoms with van der Waals surface area (Å²) in [5, 5.41) is 4.03. The highest BCUT2D eigenvalue weighted by Gasteiger charge is 2.23. The Hall–Kier alpha value is -1.68. The SMILES string of the molecule is CC(C)C(N)c1noc(-c2ccccc2C(C)(C)C)n1. The first-order chi connectivity index (χ1) is 9.30. The van der Waals surface area contributed by atoms with Crippen LogP contribution in [0.2, 0.25) is 0 Å². The standard InChI is InChI=1S/C16H23N3O/c1-10(2)13(17)14-18-15(20-19-14)11-8-6-7-9-12(11)16(3,4)5/h6-10,13H,17H2,1-5H3. The van der Waals surface area contributed by atoms with Gasteiger partial charge in [0.1, 0.15) is 0 Å². The molecule has 2 rings (SSSR count). The maximum Gasteiger partial charge on any atom is 0.258 e. The van der Waals surface area contributed by atoms with Crippen molar-refractivity contribution in [2.24, 2.45) is 11.7 Å². The number of benzene rings is 1. The lowest BCUT2D eigenvalue weighted by Gasteiger charge is -2.21. The van der Waals surface area contributed by atoms with Crippen LogP contribution in [-0.2, 0) is 5.41 Å². The molecule has 20 heavy (non-hydrogen) atoms. The lowest BCUT2D eigenvalue weighted by molar-refractivity contribution is 0.399. The second kappa shape index (κ2) is 5.37. The molecule has 0 amide bonds. The minimum absolute atomic E-state index is 0.0192. The molecule has 0 spiro atoms. The number of rotatable bonds is 3. The number of nitrogens with two attached hydrogens (primary N) is 1. The van der Waals surface area contributed by atoms with Crippen molar-refractivity contribution in [2.75, 3.05) is 0 Å². The fourth-order valence-corrected chi connectivity index (χ4v) is 2.10. The van der Waals surface area contributed by atoms with Crippen LogP contribution in [0, 0.1) is 5.92 Å². The van der Waals surface area contributed by atoms with Crippen molar-refractivity contribution >= 4 is 0 Å². The van der Waals surface area contributed by atoms with Gasteiger partial charge < -0.3 is 10.3 Å². The monoisotopic (exact) mass is 273 g/mol. The van der Waals surface area contributed by atoms with Gasteiger partial charge in [-0.3, -0.25) is 0 Å². The Bertz CT molecular complexity index is 581. The second-order valence-electron chi connectivity index (χ2n) is 6.52. The van der Waals surface area contributed by atoms with E-state index >= 15 is 0 Å². The summed E-state index contributed by atoms with van der Waals surface area (Å²) in [4.78, 5) is 4.47. The summed E-state index contributed by atoms with van der Waals surface area (Å²) in [6.07, 6.45) is 0. The summed E-state index contributed by atoms with van der Waals surface area (Å²) < 4.78 is 5.42. The van der Waals surface area contributed by atoms with Crippen LogP contribution in [0.3, 0.4) is 0 Å². The Morgan fingerprint density at radius 2 is 1.80 bits per heavy atom. The first kappa shape index (κ1) is 14.7. The summed E-state index contributed by atoms with van der Waals surface area (Å²) in [7, 11) is 0. The van der Waals surface area contributed by atoms with E-state index in [9.17, 15) is 0 Å². The minimum atomic E-state index is -0.200. The van der Waals surface area contributed by atoms with Crippen LogP contribution in [-0.4, -0.2) is 10.1 Å². The molecule has 4 nitrogen and oxygen atoms in total. The Kier molecular flexibility index (Phi) is 3.95. The van der Waals surface area contributed by atoms with Crippen molar-refractivity contribution in [2.45, 2.75) is 46.1 Å². The molecule has 0 saturated carbocycles. The van der Waals surface area contributed by atoms with E-state index in [-0.39, 0.29) is 17.4 Å². The third-order valence-corrected chi connectivity index (χ3v) is 3.42. The molecule has 4 heteroatoms. The maximum atomic E-state index is 6.07. The van der Waals surface area contributed by atoms with Crippen molar-refractivity contribution in [3.8, 4) is 11.5 Å². The first-order valence-electron chi connectivity index (χ1n) is 6.99. The van der Waals surface area contributed by atoms with Crippen molar-refractivity contribution in [1.82, 2.24) is 10.1 Å². The third-order valence-electron chi connectivity index (χ3n) is 3.42. The van der Waals surface area contributed by atoms with Gasteiger partial charge in [0.05, 0.1) is 6.04 Å². The number of aromatic nitrogens is 2. The molecule has 2 aromatic rings. The van der Waals surface area contributed by atoms with E-state index in [2.05, 4.69) is 37.0 Å². The molecule has 1 aromatic heterocycles. The Morgan fingerprint density at radius 1 is 1.15 bits per heavy atom. The molecule has 1 aromatic carbocycles. The van der Waals surface area contributed by atoms with E-state index in [0.717, 1.165) is 5.56 Å². The average Bonchev–Trinajstić information content (AvgIpc) is 2.86. The van der Waals surface area contributed by atoms with Crippen LogP contribution in [0.4, 0.5) is 0 Å². The van der Waals surface area contributed by atoms with Gasteiger partial charge in [-0.2, -0.15) is 4.98 Å². The van der Waals surface area contributed by atoms with Crippen LogP contribution in [0.15, 0.2) is 28.8 Å². The van der Waals surface area contributed by atoms with Crippen molar-refractivity contribution < 1.29 is 4.52 Å². The van der Waals surface area contributed by atoms with Gasteiger partial charge in [0.2, 0.25) is 0 Å². The van der Waals surface area contributed by atoms with Gasteiger partial charge in [0.25, 0.3) is 5.89 Å². The van der Waals surface area contributed by atoms with Crippen molar-refractivity contribution in [3.05, 3.63) is 35.7 Å². The summed E-state index contributed by atoms with van der Waals surface area (Å²) in [6, 6.07) is 7.92. The highest BCUT2D eigenvalue weighted by molar-refractivity contribution is 5.60. The molecule has 0 radical (unpaired) electrons. The van der Waals surface area contributed by atoms with E-state index in [0.29, 0.717) is 11.7 Å². The zero-order valence-electron chi connectivity index (χ0n) is 12.8. The minimum Gasteiger partial charge on any atom is -0.334 e. The Morgan fingerprint density at radius 3 is 2.40 bits per heavy atom. The highest BCUT2D eigenvalue weighted by Crippen LogP contribution is 2.32. The maximum absolute atomic E-state index is 6.07. The van der Waals surface area contributed by atoms with E-state index in [4.69, 9.17) is 10.3 Å². The van der Waals surface area contributed by atoms with Crippen LogP contribution < -0.4 is 5.73 Å². The number of hydrogen-bond donors (Lipinski definition) is 1. The fraction of sp³-hybridized carbons (Fsp3) is 0.500. The van der Waals surface area contributed by atoms with Gasteiger partial charge in [0, 0.05) is 5.56 Å². The largest absolute Gasteiger partial charge is 0.334 e. The average molecular weight is 273 g/mol. The molecular weight excluding hydrogens is 250 g/mol. The molecule has 1 atom stereocenters. The molecule has 0 aliphatic rings. The van der Waals surface area contributed by atoms with Gasteiger partial charge in [0.15, 0.2) is 5.82 Å². The van der Waals surface area contributed by atoms with Crippen LogP contribution in [0.1, 0.15) is 52.0 Å². The third kappa shape index (κ3) is 2.90. The summed E-state index contributed by atoms with van der Waals surface area (Å²) in [5.74, 6) is 1.39. The Balaban J connectivity index is 2.43. The van der Waals surface area contributed by atoms with E-state index in [1.165, 1.54) is 5.56 Å². The van der Waals surface area contributed by atoms with Crippen molar-refractivity contribution in [3.63, 3.8) is 0 Å². The second-order valence-corrected chi connectivity index (χ2v) is 6.52. The summed E-state index contributed by atoms with van der Waals surface area (Å²) in [6.45, 7) is 10.6. The van der Waals surface area contributed by atoms with Gasteiger partial charge in [-0.15, -0.1) is 0 Å². The molecule has 0 aliphatic carbocycles. The topological polar surface area (TPSA) is 64.9 Å². The quantitative estimate of drug-likeness (QED) is 0.926. The predicted octanol–water partition coefficient (Wildman–Crippen LogP) is 3.69. The van der Waals surface area contributed by atoms with Gasteiger partial charge in [-0.05, 0) is 23.0 Å². The summed E-state index contributed by atoms with van der Waals surface area (Å²) in [5.41, 5.74) is 8.26. The summed E-state index contributed by atoms with van der Waals surface area (Å²) >= 11 is 0. The molecule has 1 unspecified atom stereocenters. The normalized spacial score (nSPS) is 13.8. The Labute approximate surface area is 120 Å². The molecule has 0 aliphatic heterocycles. The van der Waals surface area contributed by atoms with Gasteiger partial charge >= 0.3 is 0 Å². The lowest BCUT2D eigenvalue weighted by atomic mass is 9.84. The van der Waals surface area contributed by atoms with Gasteiger partial charge in [-0.25, -0.2) is 0 Å². The first-order valence-corrected chi connectivity index (χ1v) is 6.99. The van der Waals surface area contributed by atoms with E-state index in [1.807, 2.05) is 32.0 Å². The molecular formula is C16H23N3O.